The summed E-state index contributed by atoms with van der Waals surface area (Å²) in [4.78, 5) is 8.88. The number of aromatic nitrogens is 2. The molecular weight excluding hydrogens is 295 g/mol. The minimum atomic E-state index is -4.48. The summed E-state index contributed by atoms with van der Waals surface area (Å²) < 4.78 is 43.3. The first kappa shape index (κ1) is 16.1. The average molecular weight is 311 g/mol. The van der Waals surface area contributed by atoms with Crippen LogP contribution in [0.3, 0.4) is 0 Å². The molecule has 0 aliphatic carbocycles. The molecule has 0 atom stereocenters. The molecule has 0 N–H and O–H groups in total. The first-order valence-corrected chi connectivity index (χ1v) is 6.67. The van der Waals surface area contributed by atoms with Gasteiger partial charge in [-0.25, -0.2) is 9.97 Å². The molecule has 0 spiro atoms. The lowest BCUT2D eigenvalue weighted by Crippen LogP contribution is -2.26. The summed E-state index contributed by atoms with van der Waals surface area (Å²) in [6.45, 7) is 2.66. The fraction of sp³-hybridized carbons (Fsp3) is 0.333. The Bertz CT molecular complexity index is 614. The first-order valence-electron chi connectivity index (χ1n) is 6.67. The van der Waals surface area contributed by atoms with Crippen molar-refractivity contribution in [3.05, 3.63) is 47.8 Å². The second kappa shape index (κ2) is 6.64. The van der Waals surface area contributed by atoms with Gasteiger partial charge in [0.05, 0.1) is 6.54 Å². The van der Waals surface area contributed by atoms with E-state index in [2.05, 4.69) is 9.97 Å². The van der Waals surface area contributed by atoms with E-state index in [1.807, 2.05) is 31.2 Å². The van der Waals surface area contributed by atoms with E-state index in [1.165, 1.54) is 4.90 Å². The third-order valence-corrected chi connectivity index (χ3v) is 2.99. The molecule has 118 valence electrons. The van der Waals surface area contributed by atoms with E-state index in [1.54, 1.807) is 7.05 Å². The zero-order valence-electron chi connectivity index (χ0n) is 12.3. The van der Waals surface area contributed by atoms with Crippen LogP contribution in [0.1, 0.15) is 11.3 Å². The zero-order valence-corrected chi connectivity index (χ0v) is 12.3. The summed E-state index contributed by atoms with van der Waals surface area (Å²) in [5, 5.41) is 0. The molecule has 4 nitrogen and oxygen atoms in total. The van der Waals surface area contributed by atoms with Crippen molar-refractivity contribution in [3.8, 4) is 5.75 Å². The summed E-state index contributed by atoms with van der Waals surface area (Å²) >= 11 is 0. The third-order valence-electron chi connectivity index (χ3n) is 2.99. The number of anilines is 1. The molecule has 1 aromatic heterocycles. The molecule has 0 unspecified atom stereocenters. The van der Waals surface area contributed by atoms with Crippen LogP contribution in [-0.2, 0) is 6.18 Å². The summed E-state index contributed by atoms with van der Waals surface area (Å²) in [6.07, 6.45) is -3.38. The van der Waals surface area contributed by atoms with Crippen molar-refractivity contribution in [2.45, 2.75) is 13.1 Å². The van der Waals surface area contributed by atoms with Crippen LogP contribution in [0.15, 0.2) is 36.5 Å². The van der Waals surface area contributed by atoms with Gasteiger partial charge >= 0.3 is 6.18 Å². The van der Waals surface area contributed by atoms with Crippen molar-refractivity contribution in [3.63, 3.8) is 0 Å². The number of aryl methyl sites for hydroxylation is 1. The number of nitrogens with zero attached hydrogens (tertiary/aromatic N) is 3. The molecule has 1 heterocycles. The minimum absolute atomic E-state index is 0.0160. The summed E-state index contributed by atoms with van der Waals surface area (Å²) in [5.74, 6) is 0.728. The van der Waals surface area contributed by atoms with Gasteiger partial charge in [0.25, 0.3) is 0 Å². The van der Waals surface area contributed by atoms with E-state index in [4.69, 9.17) is 4.74 Å². The van der Waals surface area contributed by atoms with E-state index in [9.17, 15) is 13.2 Å². The Morgan fingerprint density at radius 1 is 1.14 bits per heavy atom. The van der Waals surface area contributed by atoms with Crippen LogP contribution >= 0.6 is 0 Å². The normalized spacial score (nSPS) is 11.3. The number of ether oxygens (including phenoxy) is 1. The lowest BCUT2D eigenvalue weighted by molar-refractivity contribution is -0.141. The smallest absolute Gasteiger partial charge is 0.433 e. The first-order chi connectivity index (χ1) is 10.4. The SMILES string of the molecule is Cc1ccc(OCCN(C)c2nccc(C(F)(F)F)n2)cc1. The Kier molecular flexibility index (Phi) is 4.85. The van der Waals surface area contributed by atoms with Gasteiger partial charge in [0.1, 0.15) is 18.1 Å². The van der Waals surface area contributed by atoms with Gasteiger partial charge in [0.2, 0.25) is 5.95 Å². The van der Waals surface area contributed by atoms with Crippen LogP contribution in [-0.4, -0.2) is 30.2 Å². The summed E-state index contributed by atoms with van der Waals surface area (Å²) in [5.41, 5.74) is 0.172. The van der Waals surface area contributed by atoms with Crippen LogP contribution < -0.4 is 9.64 Å². The molecular formula is C15H16F3N3O. The second-order valence-corrected chi connectivity index (χ2v) is 4.82. The Morgan fingerprint density at radius 3 is 2.45 bits per heavy atom. The van der Waals surface area contributed by atoms with Crippen molar-refractivity contribution < 1.29 is 17.9 Å². The molecule has 0 saturated heterocycles. The van der Waals surface area contributed by atoms with Gasteiger partial charge in [0, 0.05) is 13.2 Å². The average Bonchev–Trinajstić information content (AvgIpc) is 2.48. The lowest BCUT2D eigenvalue weighted by atomic mass is 10.2. The van der Waals surface area contributed by atoms with Gasteiger partial charge in [-0.3, -0.25) is 0 Å². The second-order valence-electron chi connectivity index (χ2n) is 4.82. The lowest BCUT2D eigenvalue weighted by Gasteiger charge is -2.18. The molecule has 1 aromatic carbocycles. The van der Waals surface area contributed by atoms with E-state index in [0.717, 1.165) is 17.8 Å². The highest BCUT2D eigenvalue weighted by molar-refractivity contribution is 5.30. The minimum Gasteiger partial charge on any atom is -0.492 e. The van der Waals surface area contributed by atoms with Crippen LogP contribution in [0.2, 0.25) is 0 Å². The molecule has 0 radical (unpaired) electrons. The van der Waals surface area contributed by atoms with Gasteiger partial charge < -0.3 is 9.64 Å². The Balaban J connectivity index is 1.92. The van der Waals surface area contributed by atoms with Crippen molar-refractivity contribution in [2.24, 2.45) is 0 Å². The molecule has 22 heavy (non-hydrogen) atoms. The number of rotatable bonds is 5. The third kappa shape index (κ3) is 4.34. The predicted molar refractivity (Wildman–Crippen MR) is 77.0 cm³/mol. The molecule has 0 saturated carbocycles. The van der Waals surface area contributed by atoms with Gasteiger partial charge in [0.15, 0.2) is 0 Å². The van der Waals surface area contributed by atoms with E-state index in [-0.39, 0.29) is 5.95 Å². The number of hydrogen-bond acceptors (Lipinski definition) is 4. The highest BCUT2D eigenvalue weighted by Crippen LogP contribution is 2.27. The van der Waals surface area contributed by atoms with E-state index in [0.29, 0.717) is 18.9 Å². The summed E-state index contributed by atoms with van der Waals surface area (Å²) in [7, 11) is 1.62. The Morgan fingerprint density at radius 2 is 1.82 bits per heavy atom. The molecule has 2 aromatic rings. The quantitative estimate of drug-likeness (QED) is 0.849. The van der Waals surface area contributed by atoms with Gasteiger partial charge in [-0.15, -0.1) is 0 Å². The number of halogens is 3. The molecule has 7 heteroatoms. The number of hydrogen-bond donors (Lipinski definition) is 0. The number of likely N-dealkylation sites (N-methyl/N-ethyl adjacent to an activating group) is 1. The highest BCUT2D eigenvalue weighted by Gasteiger charge is 2.33. The van der Waals surface area contributed by atoms with Crippen LogP contribution in [0.4, 0.5) is 19.1 Å². The standard InChI is InChI=1S/C15H16F3N3O/c1-11-3-5-12(6-4-11)22-10-9-21(2)14-19-8-7-13(20-14)15(16,17)18/h3-8H,9-10H2,1-2H3. The number of alkyl halides is 3. The monoisotopic (exact) mass is 311 g/mol. The Hall–Kier alpha value is -2.31. The molecule has 0 fully saturated rings. The topological polar surface area (TPSA) is 38.2 Å². The fourth-order valence-corrected chi connectivity index (χ4v) is 1.73. The maximum atomic E-state index is 12.6. The summed E-state index contributed by atoms with van der Waals surface area (Å²) in [6, 6.07) is 8.39. The van der Waals surface area contributed by atoms with E-state index < -0.39 is 11.9 Å². The van der Waals surface area contributed by atoms with Crippen molar-refractivity contribution >= 4 is 5.95 Å². The molecule has 0 bridgehead atoms. The molecule has 0 amide bonds. The van der Waals surface area contributed by atoms with Crippen molar-refractivity contribution in [1.82, 2.24) is 9.97 Å². The predicted octanol–water partition coefficient (Wildman–Crippen LogP) is 3.32. The van der Waals surface area contributed by atoms with Crippen molar-refractivity contribution in [1.29, 1.82) is 0 Å². The van der Waals surface area contributed by atoms with Gasteiger partial charge in [-0.1, -0.05) is 17.7 Å². The largest absolute Gasteiger partial charge is 0.492 e. The van der Waals surface area contributed by atoms with Gasteiger partial charge in [-0.05, 0) is 25.1 Å². The van der Waals surface area contributed by atoms with Crippen LogP contribution in [0, 0.1) is 6.92 Å². The molecule has 0 aliphatic heterocycles. The van der Waals surface area contributed by atoms with Gasteiger partial charge in [-0.2, -0.15) is 13.2 Å². The van der Waals surface area contributed by atoms with Crippen LogP contribution in [0.5, 0.6) is 5.75 Å². The Labute approximate surface area is 126 Å². The highest BCUT2D eigenvalue weighted by atomic mass is 19.4. The number of benzene rings is 1. The van der Waals surface area contributed by atoms with Crippen LogP contribution in [0.25, 0.3) is 0 Å². The molecule has 0 aliphatic rings. The zero-order chi connectivity index (χ0) is 16.2. The molecule has 2 rings (SSSR count). The van der Waals surface area contributed by atoms with E-state index >= 15 is 0 Å². The fourth-order valence-electron chi connectivity index (χ4n) is 1.73. The maximum Gasteiger partial charge on any atom is 0.433 e. The maximum absolute atomic E-state index is 12.6. The van der Waals surface area contributed by atoms with Crippen molar-refractivity contribution in [2.75, 3.05) is 25.1 Å².